The van der Waals surface area contributed by atoms with Crippen molar-refractivity contribution in [3.63, 3.8) is 0 Å². The summed E-state index contributed by atoms with van der Waals surface area (Å²) in [6.45, 7) is 4.20. The van der Waals surface area contributed by atoms with Crippen LogP contribution < -0.4 is 9.47 Å². The summed E-state index contributed by atoms with van der Waals surface area (Å²) in [7, 11) is 0. The molecule has 3 aliphatic carbocycles. The lowest BCUT2D eigenvalue weighted by atomic mass is 9.59. The zero-order chi connectivity index (χ0) is 24.1. The summed E-state index contributed by atoms with van der Waals surface area (Å²) < 4.78 is 39.4. The first-order valence-corrected chi connectivity index (χ1v) is 13.4. The van der Waals surface area contributed by atoms with Crippen molar-refractivity contribution in [1.29, 1.82) is 0 Å². The lowest BCUT2D eigenvalue weighted by Crippen LogP contribution is -2.40. The van der Waals surface area contributed by atoms with Gasteiger partial charge in [-0.15, -0.1) is 0 Å². The maximum absolute atomic E-state index is 14.4. The monoisotopic (exact) mass is 474 g/mol. The number of ether oxygens (including phenoxy) is 2. The van der Waals surface area contributed by atoms with Gasteiger partial charge in [0.2, 0.25) is 0 Å². The largest absolute Gasteiger partial charge is 0.483 e. The van der Waals surface area contributed by atoms with Gasteiger partial charge >= 0.3 is 5.97 Å². The highest BCUT2D eigenvalue weighted by Crippen LogP contribution is 2.50. The van der Waals surface area contributed by atoms with E-state index in [1.807, 2.05) is 0 Å². The number of hydrogen-bond donors (Lipinski definition) is 0. The first-order valence-electron chi connectivity index (χ1n) is 13.4. The highest BCUT2D eigenvalue weighted by molar-refractivity contribution is 5.75. The second-order valence-corrected chi connectivity index (χ2v) is 10.7. The summed E-state index contributed by atoms with van der Waals surface area (Å²) >= 11 is 0. The molecule has 4 unspecified atom stereocenters. The summed E-state index contributed by atoms with van der Waals surface area (Å²) in [4.78, 5) is 13.1. The molecule has 4 rings (SSSR count). The maximum atomic E-state index is 14.4. The Labute approximate surface area is 203 Å². The van der Waals surface area contributed by atoms with Crippen LogP contribution in [0.5, 0.6) is 11.5 Å². The molecule has 0 radical (unpaired) electrons. The predicted octanol–water partition coefficient (Wildman–Crippen LogP) is 7.87. The molecule has 0 amide bonds. The molecule has 3 fully saturated rings. The van der Waals surface area contributed by atoms with Crippen LogP contribution >= 0.6 is 0 Å². The summed E-state index contributed by atoms with van der Waals surface area (Å²) in [6, 6.07) is 2.10. The molecule has 3 saturated carbocycles. The van der Waals surface area contributed by atoms with E-state index in [2.05, 4.69) is 6.92 Å². The van der Waals surface area contributed by atoms with Crippen LogP contribution in [-0.2, 0) is 4.79 Å². The van der Waals surface area contributed by atoms with Crippen LogP contribution in [0.2, 0.25) is 0 Å². The predicted molar refractivity (Wildman–Crippen MR) is 130 cm³/mol. The van der Waals surface area contributed by atoms with E-state index in [0.717, 1.165) is 49.1 Å². The van der Waals surface area contributed by atoms with E-state index >= 15 is 0 Å². The second kappa shape index (κ2) is 11.7. The molecule has 0 spiro atoms. The molecule has 1 aromatic rings. The summed E-state index contributed by atoms with van der Waals surface area (Å²) in [6.07, 6.45) is 16.8. The van der Waals surface area contributed by atoms with Gasteiger partial charge in [0.1, 0.15) is 12.4 Å². The van der Waals surface area contributed by atoms with Crippen molar-refractivity contribution in [2.75, 3.05) is 6.61 Å². The van der Waals surface area contributed by atoms with Gasteiger partial charge in [0.05, 0.1) is 5.92 Å². The fraction of sp³-hybridized carbons (Fsp3) is 0.690. The van der Waals surface area contributed by atoms with Gasteiger partial charge in [-0.25, -0.2) is 8.78 Å². The molecule has 4 atom stereocenters. The minimum absolute atomic E-state index is 0.0790. The molecular weight excluding hydrogens is 434 g/mol. The van der Waals surface area contributed by atoms with Crippen LogP contribution in [-0.4, -0.2) is 12.6 Å². The third kappa shape index (κ3) is 5.83. The van der Waals surface area contributed by atoms with Crippen LogP contribution in [0.1, 0.15) is 84.5 Å². The Hall–Kier alpha value is -1.91. The molecule has 34 heavy (non-hydrogen) atoms. The Morgan fingerprint density at radius 3 is 2.35 bits per heavy atom. The molecule has 0 N–H and O–H groups in total. The zero-order valence-corrected chi connectivity index (χ0v) is 20.7. The maximum Gasteiger partial charge on any atom is 0.314 e. The number of carbonyl (C=O) groups is 1. The van der Waals surface area contributed by atoms with Crippen molar-refractivity contribution < 1.29 is 23.0 Å². The van der Waals surface area contributed by atoms with Crippen LogP contribution in [0.4, 0.5) is 8.78 Å². The number of fused-ring (bicyclic) bond motifs is 1. The van der Waals surface area contributed by atoms with E-state index in [4.69, 9.17) is 9.47 Å². The number of hydrogen-bond acceptors (Lipinski definition) is 3. The number of allylic oxidation sites excluding steroid dienone is 1. The number of benzene rings is 1. The number of esters is 1. The molecule has 5 heteroatoms. The fourth-order valence-corrected chi connectivity index (χ4v) is 6.94. The molecule has 0 bridgehead atoms. The number of halogens is 2. The standard InChI is InChI=1S/C29H40F2O3/c1-3-5-15-33-28-26(30)17-23(18-27(28)31)34-29(32)25-8-6-7-22-16-21(13-14-24(22)25)20-11-9-19(4-2)10-12-20/h3,5,17-22,24-25H,4,6-16H2,1-2H3/b5-3+. The smallest absolute Gasteiger partial charge is 0.314 e. The number of rotatable bonds is 7. The van der Waals surface area contributed by atoms with Crippen LogP contribution in [0.25, 0.3) is 0 Å². The topological polar surface area (TPSA) is 35.5 Å². The number of carbonyl (C=O) groups excluding carboxylic acids is 1. The van der Waals surface area contributed by atoms with Gasteiger partial charge in [-0.05, 0) is 75.0 Å². The van der Waals surface area contributed by atoms with Crippen molar-refractivity contribution in [2.24, 2.45) is 35.5 Å². The highest BCUT2D eigenvalue weighted by atomic mass is 19.1. The van der Waals surface area contributed by atoms with Crippen molar-refractivity contribution in [3.05, 3.63) is 35.9 Å². The van der Waals surface area contributed by atoms with Gasteiger partial charge in [-0.1, -0.05) is 51.2 Å². The van der Waals surface area contributed by atoms with Crippen LogP contribution in [0, 0.1) is 47.1 Å². The van der Waals surface area contributed by atoms with Crippen molar-refractivity contribution in [2.45, 2.75) is 84.5 Å². The van der Waals surface area contributed by atoms with Crippen molar-refractivity contribution in [1.82, 2.24) is 0 Å². The SMILES string of the molecule is C/C=C/COc1c(F)cc(OC(=O)C2CCCC3CC(C4CCC(CC)CC4)CCC32)cc1F. The first kappa shape index (κ1) is 25.2. The van der Waals surface area contributed by atoms with Gasteiger partial charge < -0.3 is 9.47 Å². The second-order valence-electron chi connectivity index (χ2n) is 10.7. The van der Waals surface area contributed by atoms with E-state index in [9.17, 15) is 13.6 Å². The summed E-state index contributed by atoms with van der Waals surface area (Å²) in [5.41, 5.74) is 0. The fourth-order valence-electron chi connectivity index (χ4n) is 6.94. The Bertz CT molecular complexity index is 836. The van der Waals surface area contributed by atoms with E-state index < -0.39 is 17.4 Å². The molecule has 3 aliphatic rings. The molecular formula is C29H40F2O3. The van der Waals surface area contributed by atoms with E-state index in [-0.39, 0.29) is 24.2 Å². The highest BCUT2D eigenvalue weighted by Gasteiger charge is 2.43. The van der Waals surface area contributed by atoms with Crippen molar-refractivity contribution in [3.8, 4) is 11.5 Å². The summed E-state index contributed by atoms with van der Waals surface area (Å²) in [5.74, 6) is 0.744. The molecule has 0 aliphatic heterocycles. The third-order valence-corrected chi connectivity index (χ3v) is 8.88. The average Bonchev–Trinajstić information content (AvgIpc) is 2.85. The lowest BCUT2D eigenvalue weighted by molar-refractivity contribution is -0.144. The third-order valence-electron chi connectivity index (χ3n) is 8.88. The minimum Gasteiger partial charge on any atom is -0.483 e. The Morgan fingerprint density at radius 2 is 1.68 bits per heavy atom. The molecule has 0 saturated heterocycles. The quantitative estimate of drug-likeness (QED) is 0.229. The molecule has 3 nitrogen and oxygen atoms in total. The van der Waals surface area contributed by atoms with Gasteiger partial charge in [0, 0.05) is 12.1 Å². The lowest BCUT2D eigenvalue weighted by Gasteiger charge is -2.46. The summed E-state index contributed by atoms with van der Waals surface area (Å²) in [5, 5.41) is 0. The Morgan fingerprint density at radius 1 is 0.971 bits per heavy atom. The molecule has 0 aromatic heterocycles. The van der Waals surface area contributed by atoms with Crippen LogP contribution in [0.3, 0.4) is 0 Å². The van der Waals surface area contributed by atoms with Gasteiger partial charge in [0.15, 0.2) is 17.4 Å². The molecule has 0 heterocycles. The van der Waals surface area contributed by atoms with E-state index in [1.54, 1.807) is 19.1 Å². The van der Waals surface area contributed by atoms with Crippen molar-refractivity contribution >= 4 is 5.97 Å². The van der Waals surface area contributed by atoms with Crippen LogP contribution in [0.15, 0.2) is 24.3 Å². The molecule has 1 aromatic carbocycles. The van der Waals surface area contributed by atoms with Gasteiger partial charge in [0.25, 0.3) is 0 Å². The van der Waals surface area contributed by atoms with Gasteiger partial charge in [-0.2, -0.15) is 0 Å². The first-order chi connectivity index (χ1) is 16.5. The normalized spacial score (nSPS) is 31.8. The minimum atomic E-state index is -0.855. The van der Waals surface area contributed by atoms with Gasteiger partial charge in [-0.3, -0.25) is 4.79 Å². The Balaban J connectivity index is 1.35. The van der Waals surface area contributed by atoms with E-state index in [0.29, 0.717) is 11.8 Å². The average molecular weight is 475 g/mol. The Kier molecular flexibility index (Phi) is 8.65. The van der Waals surface area contributed by atoms with E-state index in [1.165, 1.54) is 51.4 Å². The zero-order valence-electron chi connectivity index (χ0n) is 20.7. The molecule has 188 valence electrons.